The number of carboxylic acids is 1. The van der Waals surface area contributed by atoms with Crippen LogP contribution in [0.5, 0.6) is 0 Å². The second kappa shape index (κ2) is 7.55. The number of rotatable bonds is 5. The van der Waals surface area contributed by atoms with Crippen molar-refractivity contribution < 1.29 is 24.0 Å². The highest BCUT2D eigenvalue weighted by atomic mass is 16.6. The fourth-order valence-corrected chi connectivity index (χ4v) is 2.95. The molecule has 0 radical (unpaired) electrons. The number of carbonyl (C=O) groups excluding carboxylic acids is 1. The van der Waals surface area contributed by atoms with Crippen LogP contribution in [0.15, 0.2) is 70.0 Å². The van der Waals surface area contributed by atoms with Gasteiger partial charge in [-0.05, 0) is 24.3 Å². The number of nitro groups is 1. The minimum atomic E-state index is -1.33. The molecule has 2 aromatic heterocycles. The molecule has 0 saturated carbocycles. The van der Waals surface area contributed by atoms with Gasteiger partial charge in [0, 0.05) is 17.5 Å². The molecule has 0 fully saturated rings. The van der Waals surface area contributed by atoms with Crippen LogP contribution in [-0.2, 0) is 0 Å². The van der Waals surface area contributed by atoms with Gasteiger partial charge in [-0.15, -0.1) is 0 Å². The van der Waals surface area contributed by atoms with E-state index in [1.807, 2.05) is 0 Å². The summed E-state index contributed by atoms with van der Waals surface area (Å²) in [5.74, 6) is -2.46. The topological polar surface area (TPSA) is 158 Å². The van der Waals surface area contributed by atoms with Gasteiger partial charge in [-0.3, -0.25) is 14.9 Å². The van der Waals surface area contributed by atoms with E-state index in [4.69, 9.17) is 4.42 Å². The van der Waals surface area contributed by atoms with Gasteiger partial charge in [0.1, 0.15) is 16.7 Å². The van der Waals surface area contributed by atoms with Gasteiger partial charge in [-0.2, -0.15) is 5.10 Å². The Hall–Kier alpha value is -4.80. The number of nitrogens with one attached hydrogen (secondary N) is 1. The smallest absolute Gasteiger partial charge is 0.349 e. The fourth-order valence-electron chi connectivity index (χ4n) is 2.95. The Labute approximate surface area is 172 Å². The molecule has 0 atom stereocenters. The first-order valence-corrected chi connectivity index (χ1v) is 8.75. The van der Waals surface area contributed by atoms with E-state index in [2.05, 4.69) is 10.4 Å². The lowest BCUT2D eigenvalue weighted by Gasteiger charge is -2.10. The molecule has 4 aromatic rings. The van der Waals surface area contributed by atoms with Crippen LogP contribution in [0.3, 0.4) is 0 Å². The van der Waals surface area contributed by atoms with Crippen LogP contribution in [-0.4, -0.2) is 31.7 Å². The van der Waals surface area contributed by atoms with Crippen LogP contribution in [0.4, 0.5) is 11.5 Å². The van der Waals surface area contributed by atoms with Crippen molar-refractivity contribution in [3.8, 4) is 5.69 Å². The van der Waals surface area contributed by atoms with Crippen LogP contribution in [0, 0.1) is 10.1 Å². The molecular formula is C20H12N4O7. The molecule has 1 amide bonds. The second-order valence-corrected chi connectivity index (χ2v) is 6.34. The molecule has 0 unspecified atom stereocenters. The van der Waals surface area contributed by atoms with E-state index in [1.54, 1.807) is 30.3 Å². The highest BCUT2D eigenvalue weighted by molar-refractivity contribution is 6.08. The molecule has 2 aromatic carbocycles. The summed E-state index contributed by atoms with van der Waals surface area (Å²) in [6.45, 7) is 0. The maximum absolute atomic E-state index is 12.8. The van der Waals surface area contributed by atoms with Crippen molar-refractivity contribution in [1.29, 1.82) is 0 Å². The van der Waals surface area contributed by atoms with Crippen LogP contribution >= 0.6 is 0 Å². The van der Waals surface area contributed by atoms with Gasteiger partial charge in [-0.25, -0.2) is 14.3 Å². The molecular weight excluding hydrogens is 408 g/mol. The monoisotopic (exact) mass is 420 g/mol. The number of hydrogen-bond acceptors (Lipinski definition) is 7. The third-order valence-corrected chi connectivity index (χ3v) is 4.40. The molecule has 0 saturated heterocycles. The van der Waals surface area contributed by atoms with Gasteiger partial charge in [0.25, 0.3) is 11.6 Å². The summed E-state index contributed by atoms with van der Waals surface area (Å²) in [5.41, 5.74) is -1.44. The second-order valence-electron chi connectivity index (χ2n) is 6.34. The molecule has 0 bridgehead atoms. The van der Waals surface area contributed by atoms with Crippen LogP contribution < -0.4 is 10.9 Å². The molecule has 0 aliphatic heterocycles. The zero-order valence-electron chi connectivity index (χ0n) is 15.5. The first kappa shape index (κ1) is 19.5. The lowest BCUT2D eigenvalue weighted by Crippen LogP contribution is -2.23. The summed E-state index contributed by atoms with van der Waals surface area (Å²) < 4.78 is 6.29. The largest absolute Gasteiger partial charge is 0.477 e. The van der Waals surface area contributed by atoms with E-state index >= 15 is 0 Å². The highest BCUT2D eigenvalue weighted by Gasteiger charge is 2.23. The summed E-state index contributed by atoms with van der Waals surface area (Å²) in [4.78, 5) is 47.0. The number of carboxylic acid groups (broad SMARTS) is 1. The van der Waals surface area contributed by atoms with Crippen molar-refractivity contribution in [2.45, 2.75) is 0 Å². The van der Waals surface area contributed by atoms with E-state index in [0.29, 0.717) is 5.69 Å². The lowest BCUT2D eigenvalue weighted by atomic mass is 10.1. The van der Waals surface area contributed by atoms with E-state index in [-0.39, 0.29) is 28.0 Å². The van der Waals surface area contributed by atoms with Crippen LogP contribution in [0.2, 0.25) is 0 Å². The first-order valence-electron chi connectivity index (χ1n) is 8.75. The summed E-state index contributed by atoms with van der Waals surface area (Å²) in [5, 5.41) is 27.0. The van der Waals surface area contributed by atoms with Crippen molar-refractivity contribution in [1.82, 2.24) is 9.78 Å². The average molecular weight is 420 g/mol. The van der Waals surface area contributed by atoms with Crippen LogP contribution in [0.1, 0.15) is 20.7 Å². The zero-order valence-corrected chi connectivity index (χ0v) is 15.5. The Morgan fingerprint density at radius 1 is 1.10 bits per heavy atom. The maximum Gasteiger partial charge on any atom is 0.349 e. The Balaban J connectivity index is 1.78. The summed E-state index contributed by atoms with van der Waals surface area (Å²) in [6, 6.07) is 13.2. The summed E-state index contributed by atoms with van der Waals surface area (Å²) in [6.07, 6.45) is 1.07. The number of nitrogens with zero attached hydrogens (tertiary/aromatic N) is 3. The number of aromatic nitrogens is 2. The highest BCUT2D eigenvalue weighted by Crippen LogP contribution is 2.23. The van der Waals surface area contributed by atoms with Crippen molar-refractivity contribution in [2.24, 2.45) is 0 Å². The van der Waals surface area contributed by atoms with Gasteiger partial charge in [0.15, 0.2) is 5.82 Å². The standard InChI is InChI=1S/C20H12N4O7/c25-18(14-9-11-8-13(24(29)30)6-7-16(11)31-20(14)28)22-17-15(19(26)27)10-21-23(17)12-4-2-1-3-5-12/h1-10H,(H,22,25)(H,26,27). The number of anilines is 1. The average Bonchev–Trinajstić information content (AvgIpc) is 3.17. The van der Waals surface area contributed by atoms with Gasteiger partial charge < -0.3 is 14.8 Å². The quantitative estimate of drug-likeness (QED) is 0.283. The SMILES string of the molecule is O=C(O)c1cnn(-c2ccccc2)c1NC(=O)c1cc2cc([N+](=O)[O-])ccc2oc1=O. The number of amides is 1. The lowest BCUT2D eigenvalue weighted by molar-refractivity contribution is -0.384. The van der Waals surface area contributed by atoms with E-state index in [1.165, 1.54) is 16.8 Å². The number of non-ortho nitro benzene ring substituents is 1. The Morgan fingerprint density at radius 2 is 1.84 bits per heavy atom. The fraction of sp³-hybridized carbons (Fsp3) is 0. The maximum atomic E-state index is 12.8. The van der Waals surface area contributed by atoms with Gasteiger partial charge in [0.05, 0.1) is 16.8 Å². The predicted octanol–water partition coefficient (Wildman–Crippen LogP) is 2.84. The van der Waals surface area contributed by atoms with Crippen molar-refractivity contribution >= 4 is 34.4 Å². The van der Waals surface area contributed by atoms with Gasteiger partial charge in [-0.1, -0.05) is 18.2 Å². The number of nitro benzene ring substituents is 1. The van der Waals surface area contributed by atoms with Gasteiger partial charge >= 0.3 is 11.6 Å². The number of benzene rings is 2. The molecule has 0 spiro atoms. The Bertz CT molecular complexity index is 1410. The molecule has 11 heteroatoms. The van der Waals surface area contributed by atoms with E-state index in [0.717, 1.165) is 18.3 Å². The molecule has 154 valence electrons. The number of carbonyl (C=O) groups is 2. The van der Waals surface area contributed by atoms with E-state index < -0.39 is 28.0 Å². The molecule has 2 heterocycles. The molecule has 31 heavy (non-hydrogen) atoms. The van der Waals surface area contributed by atoms with Crippen molar-refractivity contribution in [2.75, 3.05) is 5.32 Å². The number of aromatic carboxylic acids is 1. The van der Waals surface area contributed by atoms with Crippen molar-refractivity contribution in [3.05, 3.63) is 92.5 Å². The number of para-hydroxylation sites is 1. The normalized spacial score (nSPS) is 10.7. The van der Waals surface area contributed by atoms with E-state index in [9.17, 15) is 29.6 Å². The molecule has 11 nitrogen and oxygen atoms in total. The van der Waals surface area contributed by atoms with Gasteiger partial charge in [0.2, 0.25) is 0 Å². The molecule has 0 aliphatic carbocycles. The Morgan fingerprint density at radius 3 is 2.52 bits per heavy atom. The third-order valence-electron chi connectivity index (χ3n) is 4.40. The zero-order chi connectivity index (χ0) is 22.1. The summed E-state index contributed by atoms with van der Waals surface area (Å²) >= 11 is 0. The predicted molar refractivity (Wildman–Crippen MR) is 108 cm³/mol. The third kappa shape index (κ3) is 3.62. The summed E-state index contributed by atoms with van der Waals surface area (Å²) in [7, 11) is 0. The van der Waals surface area contributed by atoms with Crippen molar-refractivity contribution in [3.63, 3.8) is 0 Å². The van der Waals surface area contributed by atoms with Crippen LogP contribution in [0.25, 0.3) is 16.7 Å². The molecule has 4 rings (SSSR count). The molecule has 2 N–H and O–H groups in total. The molecule has 0 aliphatic rings. The Kier molecular flexibility index (Phi) is 4.76. The number of hydrogen-bond donors (Lipinski definition) is 2. The number of fused-ring (bicyclic) bond motifs is 1. The first-order chi connectivity index (χ1) is 14.8. The minimum absolute atomic E-state index is 0.0627. The minimum Gasteiger partial charge on any atom is -0.477 e.